The van der Waals surface area contributed by atoms with E-state index in [1.165, 1.54) is 44.9 Å². The van der Waals surface area contributed by atoms with Crippen molar-refractivity contribution in [1.82, 2.24) is 0 Å². The molecule has 3 fully saturated rings. The van der Waals surface area contributed by atoms with Crippen LogP contribution in [-0.4, -0.2) is 144 Å². The Hall–Kier alpha value is -0.690. The van der Waals surface area contributed by atoms with Gasteiger partial charge in [-0.2, -0.15) is 8.42 Å². The van der Waals surface area contributed by atoms with E-state index in [1.807, 2.05) is 0 Å². The summed E-state index contributed by atoms with van der Waals surface area (Å²) in [4.78, 5) is 0. The molecule has 2 heterocycles. The van der Waals surface area contributed by atoms with Crippen LogP contribution in [0.4, 0.5) is 0 Å². The topological polar surface area (TPSA) is 332 Å². The van der Waals surface area contributed by atoms with Crippen molar-refractivity contribution >= 4 is 10.4 Å². The van der Waals surface area contributed by atoms with Crippen molar-refractivity contribution in [2.45, 2.75) is 170 Å². The Labute approximate surface area is 289 Å². The molecule has 3 rings (SSSR count). The molecule has 0 radical (unpaired) electrons. The highest BCUT2D eigenvalue weighted by Crippen LogP contribution is 2.30. The zero-order valence-electron chi connectivity index (χ0n) is 28.5. The van der Waals surface area contributed by atoms with Crippen LogP contribution in [0.1, 0.15) is 84.0 Å². The largest absolute Gasteiger partial charge is 0.397 e. The van der Waals surface area contributed by atoms with E-state index in [-0.39, 0.29) is 26.0 Å². The van der Waals surface area contributed by atoms with Gasteiger partial charge in [0.25, 0.3) is 0 Å². The van der Waals surface area contributed by atoms with E-state index in [0.717, 1.165) is 12.8 Å². The zero-order valence-corrected chi connectivity index (χ0v) is 29.3. The summed E-state index contributed by atoms with van der Waals surface area (Å²) in [7, 11) is -4.23. The monoisotopic (exact) mass is 733 g/mol. The van der Waals surface area contributed by atoms with Gasteiger partial charge in [-0.05, 0) is 19.3 Å². The first-order chi connectivity index (χ1) is 23.1. The highest BCUT2D eigenvalue weighted by molar-refractivity contribution is 7.80. The Morgan fingerprint density at radius 1 is 0.694 bits per heavy atom. The van der Waals surface area contributed by atoms with Crippen molar-refractivity contribution in [2.24, 2.45) is 28.7 Å². The number of nitrogens with two attached hydrogens (primary N) is 5. The number of rotatable bonds is 18. The molecule has 3 aliphatic rings. The summed E-state index contributed by atoms with van der Waals surface area (Å²) in [5, 5.41) is 50.7. The van der Waals surface area contributed by atoms with Gasteiger partial charge in [0.1, 0.15) is 36.6 Å². The zero-order chi connectivity index (χ0) is 36.7. The Kier molecular flexibility index (Phi) is 20.3. The molecule has 0 spiro atoms. The van der Waals surface area contributed by atoms with Crippen LogP contribution in [0.15, 0.2) is 0 Å². The summed E-state index contributed by atoms with van der Waals surface area (Å²) in [6.45, 7) is 1.81. The number of unbranched alkanes of at least 4 members (excludes halogenated alkanes) is 9. The molecule has 0 aromatic rings. The summed E-state index contributed by atoms with van der Waals surface area (Å²) in [5.74, 6) is 0. The molecule has 2 aliphatic heterocycles. The van der Waals surface area contributed by atoms with Crippen molar-refractivity contribution in [3.05, 3.63) is 0 Å². The summed E-state index contributed by atoms with van der Waals surface area (Å²) in [5.41, 5.74) is 29.8. The standard InChI is InChI=1S/C18H37N5O9.C12H26O4S/c19-3-9-8(25)2-7(22)17(29-9)31-15-5(20)1-6(21)16(14(15)28)32-18-13(27)11(23)12(26)10(4-24)30-18;1-2-3-4-5-6-7-8-9-10-11-12-16-17(13,14)15/h5-18,24-28H,1-4,19-23H2;2-12H2,1H3,(H,13,14,15)/t5-,6+,7+,8-,9+,10+,11-,12+,13+,14-,15+,16?,17+,18+;/m0./s1. The van der Waals surface area contributed by atoms with Crippen molar-refractivity contribution in [1.29, 1.82) is 0 Å². The quantitative estimate of drug-likeness (QED) is 0.0509. The second-order valence-corrected chi connectivity index (χ2v) is 14.3. The summed E-state index contributed by atoms with van der Waals surface area (Å²) in [6, 6.07) is -3.27. The lowest BCUT2D eigenvalue weighted by molar-refractivity contribution is -0.314. The third-order valence-corrected chi connectivity index (χ3v) is 9.61. The maximum Gasteiger partial charge on any atom is 0.397 e. The predicted octanol–water partition coefficient (Wildman–Crippen LogP) is -2.57. The van der Waals surface area contributed by atoms with E-state index in [9.17, 15) is 34.0 Å². The molecule has 1 aliphatic carbocycles. The van der Waals surface area contributed by atoms with E-state index in [4.69, 9.17) is 52.2 Å². The first-order valence-corrected chi connectivity index (χ1v) is 18.8. The van der Waals surface area contributed by atoms with Crippen molar-refractivity contribution in [3.63, 3.8) is 0 Å². The van der Waals surface area contributed by atoms with Gasteiger partial charge >= 0.3 is 10.4 Å². The Morgan fingerprint density at radius 3 is 1.71 bits per heavy atom. The van der Waals surface area contributed by atoms with E-state index in [1.54, 1.807) is 0 Å². The normalized spacial score (nSPS) is 38.5. The highest BCUT2D eigenvalue weighted by atomic mass is 32.3. The average molecular weight is 734 g/mol. The van der Waals surface area contributed by atoms with Crippen LogP contribution in [0, 0.1) is 0 Å². The summed E-state index contributed by atoms with van der Waals surface area (Å²) >= 11 is 0. The second kappa shape index (κ2) is 22.4. The fourth-order valence-corrected chi connectivity index (χ4v) is 6.51. The van der Waals surface area contributed by atoms with Crippen LogP contribution in [0.5, 0.6) is 0 Å². The van der Waals surface area contributed by atoms with Crippen LogP contribution < -0.4 is 28.7 Å². The molecule has 1 unspecified atom stereocenters. The van der Waals surface area contributed by atoms with Crippen molar-refractivity contribution < 1.29 is 61.6 Å². The van der Waals surface area contributed by atoms with Gasteiger partial charge in [0.2, 0.25) is 0 Å². The summed E-state index contributed by atoms with van der Waals surface area (Å²) < 4.78 is 55.7. The molecular weight excluding hydrogens is 670 g/mol. The number of aliphatic hydroxyl groups is 5. The smallest absolute Gasteiger partial charge is 0.394 e. The molecule has 0 aromatic heterocycles. The van der Waals surface area contributed by atoms with E-state index in [0.29, 0.717) is 6.42 Å². The Balaban J connectivity index is 0.000000417. The van der Waals surface area contributed by atoms with E-state index in [2.05, 4.69) is 11.1 Å². The van der Waals surface area contributed by atoms with Crippen molar-refractivity contribution in [2.75, 3.05) is 19.8 Å². The molecule has 49 heavy (non-hydrogen) atoms. The van der Waals surface area contributed by atoms with E-state index >= 15 is 0 Å². The fourth-order valence-electron chi connectivity index (χ4n) is 6.18. The van der Waals surface area contributed by atoms with Crippen LogP contribution in [-0.2, 0) is 33.5 Å². The molecule has 16 N–H and O–H groups in total. The predicted molar refractivity (Wildman–Crippen MR) is 178 cm³/mol. The maximum atomic E-state index is 11.0. The number of aliphatic hydroxyl groups excluding tert-OH is 5. The highest BCUT2D eigenvalue weighted by Gasteiger charge is 2.50. The third kappa shape index (κ3) is 14.7. The minimum Gasteiger partial charge on any atom is -0.394 e. The molecule has 18 nitrogen and oxygen atoms in total. The SMILES string of the molecule is CCCCCCCCCCCCOS(=O)(=O)O.NC[C@H]1O[C@H](O[C@H]2[C@H](O)C(O[C@H]3O[C@H](CO)[C@@H](O)[C@H](N)[C@H]3O)[C@H](N)C[C@@H]2N)[C@H](N)C[C@@H]1O. The van der Waals surface area contributed by atoms with Gasteiger partial charge in [-0.3, -0.25) is 4.55 Å². The number of hydrogen-bond acceptors (Lipinski definition) is 17. The van der Waals surface area contributed by atoms with Crippen LogP contribution in [0.2, 0.25) is 0 Å². The molecular formula is C30H63N5O13S. The van der Waals surface area contributed by atoms with Gasteiger partial charge in [-0.25, -0.2) is 4.18 Å². The first-order valence-electron chi connectivity index (χ1n) is 17.4. The van der Waals surface area contributed by atoms with Gasteiger partial charge in [-0.1, -0.05) is 64.7 Å². The van der Waals surface area contributed by atoms with Crippen LogP contribution in [0.3, 0.4) is 0 Å². The van der Waals surface area contributed by atoms with Gasteiger partial charge in [0.05, 0.1) is 37.5 Å². The van der Waals surface area contributed by atoms with E-state index < -0.39 is 103 Å². The molecule has 292 valence electrons. The second-order valence-electron chi connectivity index (χ2n) is 13.2. The van der Waals surface area contributed by atoms with Crippen LogP contribution >= 0.6 is 0 Å². The Bertz CT molecular complexity index is 1010. The molecule has 1 saturated carbocycles. The van der Waals surface area contributed by atoms with Gasteiger partial charge in [0.15, 0.2) is 12.6 Å². The average Bonchev–Trinajstić information content (AvgIpc) is 3.04. The number of hydrogen-bond donors (Lipinski definition) is 11. The first kappa shape index (κ1) is 44.5. The molecule has 0 bridgehead atoms. The molecule has 0 amide bonds. The summed E-state index contributed by atoms with van der Waals surface area (Å²) in [6.07, 6.45) is 1.09. The fraction of sp³-hybridized carbons (Fsp3) is 1.00. The molecule has 0 aromatic carbocycles. The minimum absolute atomic E-state index is 0.0542. The van der Waals surface area contributed by atoms with Gasteiger partial charge in [-0.15, -0.1) is 0 Å². The number of ether oxygens (including phenoxy) is 4. The third-order valence-electron chi connectivity index (χ3n) is 9.15. The lowest BCUT2D eigenvalue weighted by Gasteiger charge is -2.47. The lowest BCUT2D eigenvalue weighted by Crippen LogP contribution is -2.68. The molecule has 14 atom stereocenters. The van der Waals surface area contributed by atoms with Gasteiger partial charge in [0, 0.05) is 18.6 Å². The Morgan fingerprint density at radius 2 is 1.20 bits per heavy atom. The minimum atomic E-state index is -4.23. The molecule has 2 saturated heterocycles. The van der Waals surface area contributed by atoms with Gasteiger partial charge < -0.3 is 73.1 Å². The van der Waals surface area contributed by atoms with Crippen LogP contribution in [0.25, 0.3) is 0 Å². The lowest BCUT2D eigenvalue weighted by atomic mass is 9.84. The van der Waals surface area contributed by atoms with Crippen molar-refractivity contribution in [3.8, 4) is 0 Å². The molecule has 19 heteroatoms. The maximum absolute atomic E-state index is 11.0.